The quantitative estimate of drug-likeness (QED) is 0.761. The molecule has 5 nitrogen and oxygen atoms in total. The summed E-state index contributed by atoms with van der Waals surface area (Å²) in [6.07, 6.45) is -0.137. The maximum absolute atomic E-state index is 10.8. The number of thiazole rings is 1. The molecule has 0 saturated carbocycles. The van der Waals surface area contributed by atoms with Gasteiger partial charge in [0.05, 0.1) is 6.42 Å². The molecule has 0 atom stereocenters. The SMILES string of the molecule is O=C(O)Cc1nc(NC(=O)CCl)cs1. The lowest BCUT2D eigenvalue weighted by molar-refractivity contribution is -0.136. The number of carbonyl (C=O) groups is 2. The van der Waals surface area contributed by atoms with Crippen LogP contribution in [0.25, 0.3) is 0 Å². The molecule has 0 spiro atoms. The zero-order valence-corrected chi connectivity index (χ0v) is 8.56. The van der Waals surface area contributed by atoms with Gasteiger partial charge in [-0.1, -0.05) is 0 Å². The fraction of sp³-hybridized carbons (Fsp3) is 0.286. The topological polar surface area (TPSA) is 79.3 Å². The van der Waals surface area contributed by atoms with Crippen LogP contribution in [0.2, 0.25) is 0 Å². The lowest BCUT2D eigenvalue weighted by Gasteiger charge is -1.95. The van der Waals surface area contributed by atoms with Crippen LogP contribution >= 0.6 is 22.9 Å². The normalized spacial score (nSPS) is 9.79. The maximum atomic E-state index is 10.8. The number of carboxylic acids is 1. The molecule has 2 N–H and O–H groups in total. The number of aliphatic carboxylic acids is 1. The fourth-order valence-electron chi connectivity index (χ4n) is 0.755. The number of hydrogen-bond donors (Lipinski definition) is 2. The predicted octanol–water partition coefficient (Wildman–Crippen LogP) is 0.948. The van der Waals surface area contributed by atoms with Gasteiger partial charge in [0.1, 0.15) is 16.7 Å². The van der Waals surface area contributed by atoms with E-state index in [1.165, 1.54) is 11.3 Å². The van der Waals surface area contributed by atoms with Gasteiger partial charge < -0.3 is 10.4 Å². The second-order valence-electron chi connectivity index (χ2n) is 2.38. The maximum Gasteiger partial charge on any atom is 0.310 e. The van der Waals surface area contributed by atoms with Gasteiger partial charge in [0.25, 0.3) is 0 Å². The highest BCUT2D eigenvalue weighted by Crippen LogP contribution is 2.14. The van der Waals surface area contributed by atoms with Gasteiger partial charge in [-0.25, -0.2) is 4.98 Å². The molecule has 1 amide bonds. The van der Waals surface area contributed by atoms with Gasteiger partial charge in [-0.2, -0.15) is 0 Å². The number of amides is 1. The molecule has 76 valence electrons. The Labute approximate surface area is 88.7 Å². The number of aromatic nitrogens is 1. The van der Waals surface area contributed by atoms with Crippen molar-refractivity contribution >= 4 is 40.6 Å². The lowest BCUT2D eigenvalue weighted by atomic mass is 10.5. The summed E-state index contributed by atoms with van der Waals surface area (Å²) in [6, 6.07) is 0. The summed E-state index contributed by atoms with van der Waals surface area (Å²) in [5.74, 6) is -1.11. The summed E-state index contributed by atoms with van der Waals surface area (Å²) in [4.78, 5) is 25.0. The van der Waals surface area contributed by atoms with E-state index in [1.54, 1.807) is 5.38 Å². The average Bonchev–Trinajstić information content (AvgIpc) is 2.51. The third-order valence-corrected chi connectivity index (χ3v) is 2.33. The summed E-state index contributed by atoms with van der Waals surface area (Å²) in [6.45, 7) is 0. The minimum absolute atomic E-state index is 0.137. The minimum atomic E-state index is -0.949. The molecule has 1 aromatic rings. The Morgan fingerprint density at radius 1 is 1.64 bits per heavy atom. The summed E-state index contributed by atoms with van der Waals surface area (Å²) >= 11 is 6.44. The second-order valence-corrected chi connectivity index (χ2v) is 3.59. The van der Waals surface area contributed by atoms with Crippen molar-refractivity contribution < 1.29 is 14.7 Å². The molecule has 0 aliphatic carbocycles. The van der Waals surface area contributed by atoms with Gasteiger partial charge in [-0.3, -0.25) is 9.59 Å². The molecular weight excluding hydrogens is 228 g/mol. The Balaban J connectivity index is 2.59. The molecule has 1 heterocycles. The van der Waals surface area contributed by atoms with Gasteiger partial charge in [-0.05, 0) is 0 Å². The van der Waals surface area contributed by atoms with Crippen molar-refractivity contribution in [2.24, 2.45) is 0 Å². The first-order chi connectivity index (χ1) is 6.61. The number of nitrogens with zero attached hydrogens (tertiary/aromatic N) is 1. The van der Waals surface area contributed by atoms with Crippen LogP contribution in [0.1, 0.15) is 5.01 Å². The van der Waals surface area contributed by atoms with Crippen molar-refractivity contribution in [2.75, 3.05) is 11.2 Å². The van der Waals surface area contributed by atoms with E-state index in [1.807, 2.05) is 0 Å². The van der Waals surface area contributed by atoms with E-state index in [2.05, 4.69) is 10.3 Å². The third-order valence-electron chi connectivity index (χ3n) is 1.24. The largest absolute Gasteiger partial charge is 0.481 e. The summed E-state index contributed by atoms with van der Waals surface area (Å²) in [5, 5.41) is 12.9. The fourth-order valence-corrected chi connectivity index (χ4v) is 1.54. The zero-order valence-electron chi connectivity index (χ0n) is 6.99. The molecule has 0 bridgehead atoms. The number of hydrogen-bond acceptors (Lipinski definition) is 4. The Morgan fingerprint density at radius 2 is 2.36 bits per heavy atom. The predicted molar refractivity (Wildman–Crippen MR) is 52.8 cm³/mol. The zero-order chi connectivity index (χ0) is 10.6. The van der Waals surface area contributed by atoms with Crippen LogP contribution in [0, 0.1) is 0 Å². The number of carbonyl (C=O) groups excluding carboxylic acids is 1. The van der Waals surface area contributed by atoms with Crippen LogP contribution < -0.4 is 5.32 Å². The number of halogens is 1. The molecule has 1 rings (SSSR count). The van der Waals surface area contributed by atoms with E-state index in [0.29, 0.717) is 10.8 Å². The van der Waals surface area contributed by atoms with Crippen LogP contribution in [0.3, 0.4) is 0 Å². The summed E-state index contributed by atoms with van der Waals surface area (Å²) in [5.41, 5.74) is 0. The monoisotopic (exact) mass is 234 g/mol. The van der Waals surface area contributed by atoms with Crippen LogP contribution in [-0.4, -0.2) is 27.8 Å². The van der Waals surface area contributed by atoms with Gasteiger partial charge in [0.15, 0.2) is 0 Å². The Kier molecular flexibility index (Phi) is 3.84. The lowest BCUT2D eigenvalue weighted by Crippen LogP contribution is -2.12. The molecule has 0 aromatic carbocycles. The van der Waals surface area contributed by atoms with Crippen molar-refractivity contribution in [3.8, 4) is 0 Å². The number of carboxylic acid groups (broad SMARTS) is 1. The number of rotatable bonds is 4. The first kappa shape index (κ1) is 10.9. The van der Waals surface area contributed by atoms with E-state index < -0.39 is 5.97 Å². The summed E-state index contributed by atoms with van der Waals surface area (Å²) in [7, 11) is 0. The van der Waals surface area contributed by atoms with Crippen molar-refractivity contribution in [3.63, 3.8) is 0 Å². The van der Waals surface area contributed by atoms with Gasteiger partial charge >= 0.3 is 5.97 Å². The second kappa shape index (κ2) is 4.92. The van der Waals surface area contributed by atoms with E-state index >= 15 is 0 Å². The molecule has 0 aliphatic heterocycles. The van der Waals surface area contributed by atoms with E-state index in [9.17, 15) is 9.59 Å². The van der Waals surface area contributed by atoms with Gasteiger partial charge in [0, 0.05) is 5.38 Å². The van der Waals surface area contributed by atoms with Gasteiger partial charge in [0.2, 0.25) is 5.91 Å². The Bertz CT molecular complexity index is 352. The van der Waals surface area contributed by atoms with Crippen molar-refractivity contribution in [1.29, 1.82) is 0 Å². The van der Waals surface area contributed by atoms with Gasteiger partial charge in [-0.15, -0.1) is 22.9 Å². The number of nitrogens with one attached hydrogen (secondary N) is 1. The standard InChI is InChI=1S/C7H7ClN2O3S/c8-2-5(11)9-4-3-14-6(10-4)1-7(12)13/h3H,1-2H2,(H,9,11)(H,12,13). The molecule has 0 unspecified atom stereocenters. The molecule has 14 heavy (non-hydrogen) atoms. The smallest absolute Gasteiger partial charge is 0.310 e. The number of anilines is 1. The number of alkyl halides is 1. The van der Waals surface area contributed by atoms with Crippen LogP contribution in [0.5, 0.6) is 0 Å². The molecule has 0 fully saturated rings. The molecule has 0 radical (unpaired) electrons. The highest BCUT2D eigenvalue weighted by Gasteiger charge is 2.07. The molecule has 1 aromatic heterocycles. The average molecular weight is 235 g/mol. The molecule has 0 aliphatic rings. The van der Waals surface area contributed by atoms with Crippen molar-refractivity contribution in [1.82, 2.24) is 4.98 Å². The summed E-state index contributed by atoms with van der Waals surface area (Å²) < 4.78 is 0. The first-order valence-electron chi connectivity index (χ1n) is 3.64. The highest BCUT2D eigenvalue weighted by atomic mass is 35.5. The van der Waals surface area contributed by atoms with E-state index in [-0.39, 0.29) is 18.2 Å². The van der Waals surface area contributed by atoms with Crippen molar-refractivity contribution in [2.45, 2.75) is 6.42 Å². The van der Waals surface area contributed by atoms with Crippen LogP contribution in [0.15, 0.2) is 5.38 Å². The van der Waals surface area contributed by atoms with E-state index in [0.717, 1.165) is 0 Å². The van der Waals surface area contributed by atoms with Crippen molar-refractivity contribution in [3.05, 3.63) is 10.4 Å². The third kappa shape index (κ3) is 3.31. The van der Waals surface area contributed by atoms with E-state index in [4.69, 9.17) is 16.7 Å². The van der Waals surface area contributed by atoms with Crippen LogP contribution in [-0.2, 0) is 16.0 Å². The molecule has 7 heteroatoms. The molecule has 0 saturated heterocycles. The molecular formula is C7H7ClN2O3S. The van der Waals surface area contributed by atoms with Crippen LogP contribution in [0.4, 0.5) is 5.82 Å². The first-order valence-corrected chi connectivity index (χ1v) is 5.05. The Morgan fingerprint density at radius 3 is 2.93 bits per heavy atom. The minimum Gasteiger partial charge on any atom is -0.481 e. The Hall–Kier alpha value is -1.14. The highest BCUT2D eigenvalue weighted by molar-refractivity contribution is 7.10.